The summed E-state index contributed by atoms with van der Waals surface area (Å²) in [4.78, 5) is 11.9. The number of nitrogens with zero attached hydrogens (tertiary/aromatic N) is 1. The first kappa shape index (κ1) is 19.1. The zero-order valence-electron chi connectivity index (χ0n) is 14.2. The van der Waals surface area contributed by atoms with E-state index < -0.39 is 0 Å². The van der Waals surface area contributed by atoms with E-state index in [-0.39, 0.29) is 5.91 Å². The van der Waals surface area contributed by atoms with Gasteiger partial charge in [0, 0.05) is 10.6 Å². The molecule has 1 amide bonds. The Kier molecular flexibility index (Phi) is 6.63. The third-order valence-electron chi connectivity index (χ3n) is 3.68. The average molecular weight is 444 g/mol. The summed E-state index contributed by atoms with van der Waals surface area (Å²) in [6.07, 6.45) is 1.58. The number of ether oxygens (including phenoxy) is 1. The van der Waals surface area contributed by atoms with Crippen LogP contribution in [0.2, 0.25) is 5.02 Å². The largest absolute Gasteiger partial charge is 0.488 e. The molecule has 0 unspecified atom stereocenters. The molecule has 27 heavy (non-hydrogen) atoms. The first-order valence-corrected chi connectivity index (χ1v) is 9.34. The summed E-state index contributed by atoms with van der Waals surface area (Å²) >= 11 is 9.38. The number of carbonyl (C=O) groups excluding carboxylic acids is 1. The number of benzene rings is 3. The third-order valence-corrected chi connectivity index (χ3v) is 4.55. The highest BCUT2D eigenvalue weighted by Crippen LogP contribution is 2.26. The van der Waals surface area contributed by atoms with Crippen LogP contribution in [0, 0.1) is 0 Å². The van der Waals surface area contributed by atoms with Gasteiger partial charge >= 0.3 is 0 Å². The van der Waals surface area contributed by atoms with Gasteiger partial charge in [0.2, 0.25) is 0 Å². The zero-order valence-corrected chi connectivity index (χ0v) is 16.6. The fraction of sp³-hybridized carbons (Fsp3) is 0.0476. The maximum Gasteiger partial charge on any atom is 0.271 e. The molecule has 0 aromatic heterocycles. The summed E-state index contributed by atoms with van der Waals surface area (Å²) in [5.41, 5.74) is 4.92. The fourth-order valence-electron chi connectivity index (χ4n) is 2.28. The van der Waals surface area contributed by atoms with E-state index in [9.17, 15) is 4.79 Å². The number of carbonyl (C=O) groups is 1. The van der Waals surface area contributed by atoms with Crippen molar-refractivity contribution in [2.24, 2.45) is 5.10 Å². The molecular weight excluding hydrogens is 428 g/mol. The normalized spacial score (nSPS) is 10.7. The van der Waals surface area contributed by atoms with Crippen molar-refractivity contribution in [3.05, 3.63) is 99.0 Å². The molecule has 4 nitrogen and oxygen atoms in total. The first-order valence-electron chi connectivity index (χ1n) is 8.17. The van der Waals surface area contributed by atoms with Crippen LogP contribution in [-0.2, 0) is 6.61 Å². The Bertz CT molecular complexity index is 944. The second kappa shape index (κ2) is 9.35. The van der Waals surface area contributed by atoms with Crippen molar-refractivity contribution in [3.8, 4) is 5.75 Å². The maximum absolute atomic E-state index is 11.9. The summed E-state index contributed by atoms with van der Waals surface area (Å²) < 4.78 is 6.61. The molecule has 0 atom stereocenters. The quantitative estimate of drug-likeness (QED) is 0.407. The molecule has 0 saturated carbocycles. The molecule has 0 saturated heterocycles. The maximum atomic E-state index is 11.9. The van der Waals surface area contributed by atoms with Gasteiger partial charge in [0.25, 0.3) is 5.91 Å². The van der Waals surface area contributed by atoms with Gasteiger partial charge in [0.1, 0.15) is 12.4 Å². The molecule has 3 aromatic rings. The first-order chi connectivity index (χ1) is 13.1. The molecule has 136 valence electrons. The van der Waals surface area contributed by atoms with Gasteiger partial charge in [-0.2, -0.15) is 5.10 Å². The number of hydrogen-bond donors (Lipinski definition) is 1. The van der Waals surface area contributed by atoms with Crippen molar-refractivity contribution < 1.29 is 9.53 Å². The van der Waals surface area contributed by atoms with Gasteiger partial charge in [-0.25, -0.2) is 5.43 Å². The van der Waals surface area contributed by atoms with E-state index in [2.05, 4.69) is 26.5 Å². The summed E-state index contributed by atoms with van der Waals surface area (Å²) in [7, 11) is 0. The number of amides is 1. The van der Waals surface area contributed by atoms with Gasteiger partial charge in [-0.05, 0) is 69.5 Å². The number of rotatable bonds is 6. The number of hydrogen-bond acceptors (Lipinski definition) is 3. The van der Waals surface area contributed by atoms with Crippen molar-refractivity contribution in [3.63, 3.8) is 0 Å². The molecule has 3 rings (SSSR count). The lowest BCUT2D eigenvalue weighted by atomic mass is 10.2. The summed E-state index contributed by atoms with van der Waals surface area (Å²) in [5.74, 6) is 0.462. The van der Waals surface area contributed by atoms with E-state index in [0.717, 1.165) is 21.3 Å². The molecular formula is C21H16BrClN2O2. The van der Waals surface area contributed by atoms with E-state index in [4.69, 9.17) is 16.3 Å². The molecule has 0 spiro atoms. The molecule has 0 radical (unpaired) electrons. The highest BCUT2D eigenvalue weighted by Gasteiger charge is 2.04. The van der Waals surface area contributed by atoms with Crippen LogP contribution in [0.1, 0.15) is 21.5 Å². The summed E-state index contributed by atoms with van der Waals surface area (Å²) in [6.45, 7) is 0.441. The predicted molar refractivity (Wildman–Crippen MR) is 111 cm³/mol. The molecule has 0 aliphatic rings. The summed E-state index contributed by atoms with van der Waals surface area (Å²) in [6, 6.07) is 22.0. The highest BCUT2D eigenvalue weighted by atomic mass is 79.9. The standard InChI is InChI=1S/C21H16BrClN2O2/c22-19-12-16(13-24-25-21(26)17-4-2-1-3-5-17)8-11-20(19)27-14-15-6-9-18(23)10-7-15/h1-13H,14H2,(H,25,26)/b24-13-. The van der Waals surface area contributed by atoms with Crippen LogP contribution in [0.5, 0.6) is 5.75 Å². The molecule has 0 heterocycles. The van der Waals surface area contributed by atoms with Gasteiger partial charge in [-0.15, -0.1) is 0 Å². The number of hydrazone groups is 1. The van der Waals surface area contributed by atoms with Crippen molar-refractivity contribution in [1.29, 1.82) is 0 Å². The van der Waals surface area contributed by atoms with Gasteiger partial charge in [-0.3, -0.25) is 4.79 Å². The minimum Gasteiger partial charge on any atom is -0.488 e. The molecule has 3 aromatic carbocycles. The van der Waals surface area contributed by atoms with E-state index in [1.54, 1.807) is 30.5 Å². The van der Waals surface area contributed by atoms with Crippen LogP contribution in [0.3, 0.4) is 0 Å². The Morgan fingerprint density at radius 3 is 2.52 bits per heavy atom. The Morgan fingerprint density at radius 2 is 1.81 bits per heavy atom. The van der Waals surface area contributed by atoms with Crippen LogP contribution in [0.15, 0.2) is 82.4 Å². The summed E-state index contributed by atoms with van der Waals surface area (Å²) in [5, 5.41) is 4.69. The monoisotopic (exact) mass is 442 g/mol. The zero-order chi connectivity index (χ0) is 19.1. The Hall–Kier alpha value is -2.63. The molecule has 0 aliphatic carbocycles. The molecule has 0 aliphatic heterocycles. The lowest BCUT2D eigenvalue weighted by molar-refractivity contribution is 0.0955. The van der Waals surface area contributed by atoms with Crippen LogP contribution in [0.25, 0.3) is 0 Å². The lowest BCUT2D eigenvalue weighted by Gasteiger charge is -2.09. The number of nitrogens with one attached hydrogen (secondary N) is 1. The third kappa shape index (κ3) is 5.67. The van der Waals surface area contributed by atoms with Gasteiger partial charge in [0.05, 0.1) is 10.7 Å². The van der Waals surface area contributed by atoms with Crippen LogP contribution in [-0.4, -0.2) is 12.1 Å². The van der Waals surface area contributed by atoms with Gasteiger partial charge in [-0.1, -0.05) is 41.9 Å². The highest BCUT2D eigenvalue weighted by molar-refractivity contribution is 9.10. The smallest absolute Gasteiger partial charge is 0.271 e. The van der Waals surface area contributed by atoms with Gasteiger partial charge < -0.3 is 4.74 Å². The average Bonchev–Trinajstić information content (AvgIpc) is 2.69. The minimum absolute atomic E-state index is 0.256. The topological polar surface area (TPSA) is 50.7 Å². The van der Waals surface area contributed by atoms with Crippen molar-refractivity contribution in [2.75, 3.05) is 0 Å². The number of halogens is 2. The van der Waals surface area contributed by atoms with Crippen molar-refractivity contribution in [2.45, 2.75) is 6.61 Å². The predicted octanol–water partition coefficient (Wildman–Crippen LogP) is 5.45. The lowest BCUT2D eigenvalue weighted by Crippen LogP contribution is -2.17. The minimum atomic E-state index is -0.256. The van der Waals surface area contributed by atoms with Crippen molar-refractivity contribution >= 4 is 39.7 Å². The molecule has 6 heteroatoms. The molecule has 1 N–H and O–H groups in total. The Balaban J connectivity index is 1.57. The van der Waals surface area contributed by atoms with Gasteiger partial charge in [0.15, 0.2) is 0 Å². The second-order valence-electron chi connectivity index (χ2n) is 5.67. The van der Waals surface area contributed by atoms with E-state index in [1.807, 2.05) is 48.5 Å². The molecule has 0 fully saturated rings. The Morgan fingerprint density at radius 1 is 1.07 bits per heavy atom. The van der Waals surface area contributed by atoms with Crippen LogP contribution >= 0.6 is 27.5 Å². The Labute approximate surface area is 171 Å². The molecule has 0 bridgehead atoms. The second-order valence-corrected chi connectivity index (χ2v) is 6.96. The van der Waals surface area contributed by atoms with E-state index >= 15 is 0 Å². The SMILES string of the molecule is O=C(N/N=C\c1ccc(OCc2ccc(Cl)cc2)c(Br)c1)c1ccccc1. The van der Waals surface area contributed by atoms with E-state index in [1.165, 1.54) is 0 Å². The van der Waals surface area contributed by atoms with Crippen LogP contribution in [0.4, 0.5) is 0 Å². The van der Waals surface area contributed by atoms with Crippen molar-refractivity contribution in [1.82, 2.24) is 5.43 Å². The van der Waals surface area contributed by atoms with Crippen LogP contribution < -0.4 is 10.2 Å². The fourth-order valence-corrected chi connectivity index (χ4v) is 2.91. The van der Waals surface area contributed by atoms with E-state index in [0.29, 0.717) is 17.2 Å².